The van der Waals surface area contributed by atoms with Crippen LogP contribution in [0.1, 0.15) is 29.9 Å². The van der Waals surface area contributed by atoms with Gasteiger partial charge in [-0.25, -0.2) is 4.98 Å². The van der Waals surface area contributed by atoms with Crippen LogP contribution in [0.4, 0.5) is 5.69 Å². The summed E-state index contributed by atoms with van der Waals surface area (Å²) in [4.78, 5) is 19.1. The molecule has 4 nitrogen and oxygen atoms in total. The number of carbonyl (C=O) groups is 1. The quantitative estimate of drug-likeness (QED) is 0.623. The van der Waals surface area contributed by atoms with E-state index in [1.165, 1.54) is 5.56 Å². The highest BCUT2D eigenvalue weighted by Gasteiger charge is 2.24. The van der Waals surface area contributed by atoms with Crippen LogP contribution < -0.4 is 4.90 Å². The SMILES string of the molecule is Cc1cccc2c1N(C(=O)CCc1ncc(-c3ccccc3Cl)o1)CCC2. The van der Waals surface area contributed by atoms with Crippen LogP contribution in [0, 0.1) is 6.92 Å². The molecule has 0 saturated carbocycles. The van der Waals surface area contributed by atoms with E-state index in [9.17, 15) is 4.79 Å². The zero-order valence-corrected chi connectivity index (χ0v) is 16.0. The minimum Gasteiger partial charge on any atom is -0.441 e. The van der Waals surface area contributed by atoms with Crippen molar-refractivity contribution >= 4 is 23.2 Å². The number of halogens is 1. The van der Waals surface area contributed by atoms with Crippen molar-refractivity contribution in [3.05, 3.63) is 70.7 Å². The Bertz CT molecular complexity index is 980. The first-order valence-corrected chi connectivity index (χ1v) is 9.60. The predicted octanol–water partition coefficient (Wildman–Crippen LogP) is 5.22. The standard InChI is InChI=1S/C22H21ClN2O2/c1-15-6-4-7-16-8-5-13-25(22(15)16)21(26)12-11-20-24-14-19(27-20)17-9-2-3-10-18(17)23/h2-4,6-7,9-10,14H,5,8,11-13H2,1H3. The monoisotopic (exact) mass is 380 g/mol. The summed E-state index contributed by atoms with van der Waals surface area (Å²) in [7, 11) is 0. The Morgan fingerprint density at radius 3 is 2.93 bits per heavy atom. The summed E-state index contributed by atoms with van der Waals surface area (Å²) in [5.74, 6) is 1.30. The number of aromatic nitrogens is 1. The van der Waals surface area contributed by atoms with Gasteiger partial charge in [-0.05, 0) is 43.0 Å². The van der Waals surface area contributed by atoms with Gasteiger partial charge in [0.05, 0.1) is 11.2 Å². The summed E-state index contributed by atoms with van der Waals surface area (Å²) in [6.07, 6.45) is 4.54. The third-order valence-electron chi connectivity index (χ3n) is 4.97. The van der Waals surface area contributed by atoms with Gasteiger partial charge in [0, 0.05) is 30.6 Å². The van der Waals surface area contributed by atoms with E-state index in [0.29, 0.717) is 29.5 Å². The van der Waals surface area contributed by atoms with Crippen LogP contribution in [-0.4, -0.2) is 17.4 Å². The van der Waals surface area contributed by atoms with Crippen LogP contribution in [0.5, 0.6) is 0 Å². The topological polar surface area (TPSA) is 46.3 Å². The summed E-state index contributed by atoms with van der Waals surface area (Å²) >= 11 is 6.21. The molecule has 0 aliphatic carbocycles. The van der Waals surface area contributed by atoms with Crippen molar-refractivity contribution in [1.82, 2.24) is 4.98 Å². The maximum Gasteiger partial charge on any atom is 0.227 e. The number of benzene rings is 2. The van der Waals surface area contributed by atoms with E-state index in [4.69, 9.17) is 16.0 Å². The molecule has 0 N–H and O–H groups in total. The van der Waals surface area contributed by atoms with Crippen molar-refractivity contribution in [2.45, 2.75) is 32.6 Å². The lowest BCUT2D eigenvalue weighted by Crippen LogP contribution is -2.36. The number of oxazole rings is 1. The third-order valence-corrected chi connectivity index (χ3v) is 5.30. The molecule has 0 atom stereocenters. The fourth-order valence-electron chi connectivity index (χ4n) is 3.66. The van der Waals surface area contributed by atoms with Crippen molar-refractivity contribution in [1.29, 1.82) is 0 Å². The highest BCUT2D eigenvalue weighted by Crippen LogP contribution is 2.31. The lowest BCUT2D eigenvalue weighted by Gasteiger charge is -2.31. The van der Waals surface area contributed by atoms with Gasteiger partial charge in [-0.1, -0.05) is 41.9 Å². The minimum atomic E-state index is 0.114. The van der Waals surface area contributed by atoms with Crippen molar-refractivity contribution < 1.29 is 9.21 Å². The predicted molar refractivity (Wildman–Crippen MR) is 107 cm³/mol. The van der Waals surface area contributed by atoms with E-state index >= 15 is 0 Å². The molecule has 1 aliphatic rings. The van der Waals surface area contributed by atoms with E-state index < -0.39 is 0 Å². The summed E-state index contributed by atoms with van der Waals surface area (Å²) < 4.78 is 5.82. The van der Waals surface area contributed by atoms with Gasteiger partial charge in [0.1, 0.15) is 0 Å². The highest BCUT2D eigenvalue weighted by molar-refractivity contribution is 6.33. The zero-order chi connectivity index (χ0) is 18.8. The van der Waals surface area contributed by atoms with Gasteiger partial charge < -0.3 is 9.32 Å². The fourth-order valence-corrected chi connectivity index (χ4v) is 3.89. The Morgan fingerprint density at radius 2 is 2.07 bits per heavy atom. The van der Waals surface area contributed by atoms with Crippen molar-refractivity contribution in [2.75, 3.05) is 11.4 Å². The van der Waals surface area contributed by atoms with Gasteiger partial charge in [-0.3, -0.25) is 4.79 Å². The van der Waals surface area contributed by atoms with Crippen LogP contribution in [0.3, 0.4) is 0 Å². The van der Waals surface area contributed by atoms with Gasteiger partial charge in [0.25, 0.3) is 0 Å². The first-order chi connectivity index (χ1) is 13.1. The highest BCUT2D eigenvalue weighted by atomic mass is 35.5. The average molecular weight is 381 g/mol. The molecular weight excluding hydrogens is 360 g/mol. The molecular formula is C22H21ClN2O2. The number of hydrogen-bond acceptors (Lipinski definition) is 3. The molecule has 2 aromatic carbocycles. The van der Waals surface area contributed by atoms with Gasteiger partial charge in [0.15, 0.2) is 11.7 Å². The van der Waals surface area contributed by atoms with E-state index in [1.54, 1.807) is 6.20 Å². The number of carbonyl (C=O) groups excluding carboxylic acids is 1. The Balaban J connectivity index is 1.46. The van der Waals surface area contributed by atoms with Crippen molar-refractivity contribution in [2.24, 2.45) is 0 Å². The molecule has 1 amide bonds. The van der Waals surface area contributed by atoms with Crippen molar-refractivity contribution in [3.8, 4) is 11.3 Å². The van der Waals surface area contributed by atoms with Crippen molar-refractivity contribution in [3.63, 3.8) is 0 Å². The minimum absolute atomic E-state index is 0.114. The van der Waals surface area contributed by atoms with E-state index in [-0.39, 0.29) is 5.91 Å². The van der Waals surface area contributed by atoms with Crippen LogP contribution in [0.15, 0.2) is 53.1 Å². The van der Waals surface area contributed by atoms with Crippen LogP contribution in [0.25, 0.3) is 11.3 Å². The number of nitrogens with zero attached hydrogens (tertiary/aromatic N) is 2. The Kier molecular flexibility index (Phi) is 4.99. The number of amides is 1. The first-order valence-electron chi connectivity index (χ1n) is 9.22. The Hall–Kier alpha value is -2.59. The molecule has 0 saturated heterocycles. The molecule has 0 spiro atoms. The Labute approximate surface area is 163 Å². The number of hydrogen-bond donors (Lipinski definition) is 0. The molecule has 1 aromatic heterocycles. The first kappa shape index (κ1) is 17.8. The second kappa shape index (κ2) is 7.57. The summed E-state index contributed by atoms with van der Waals surface area (Å²) in [5.41, 5.74) is 4.30. The molecule has 0 unspecified atom stereocenters. The van der Waals surface area contributed by atoms with Crippen LogP contribution in [0.2, 0.25) is 5.02 Å². The summed E-state index contributed by atoms with van der Waals surface area (Å²) in [6.45, 7) is 2.83. The molecule has 4 rings (SSSR count). The average Bonchev–Trinajstić information content (AvgIpc) is 3.15. The number of para-hydroxylation sites is 1. The van der Waals surface area contributed by atoms with Gasteiger partial charge in [-0.15, -0.1) is 0 Å². The van der Waals surface area contributed by atoms with Gasteiger partial charge in [0.2, 0.25) is 5.91 Å². The molecule has 0 bridgehead atoms. The number of fused-ring (bicyclic) bond motifs is 1. The lowest BCUT2D eigenvalue weighted by atomic mass is 9.98. The molecule has 1 aliphatic heterocycles. The number of aryl methyl sites for hydroxylation is 3. The molecule has 0 radical (unpaired) electrons. The maximum absolute atomic E-state index is 12.9. The van der Waals surface area contributed by atoms with Crippen LogP contribution in [-0.2, 0) is 17.6 Å². The lowest BCUT2D eigenvalue weighted by molar-refractivity contribution is -0.118. The molecule has 138 valence electrons. The normalized spacial score (nSPS) is 13.5. The number of rotatable bonds is 4. The van der Waals surface area contributed by atoms with E-state index in [0.717, 1.165) is 36.2 Å². The largest absolute Gasteiger partial charge is 0.441 e. The zero-order valence-electron chi connectivity index (χ0n) is 15.2. The molecule has 27 heavy (non-hydrogen) atoms. The van der Waals surface area contributed by atoms with E-state index in [1.807, 2.05) is 29.2 Å². The summed E-state index contributed by atoms with van der Waals surface area (Å²) in [5, 5.41) is 0.622. The molecule has 3 aromatic rings. The summed E-state index contributed by atoms with van der Waals surface area (Å²) in [6, 6.07) is 13.7. The second-order valence-electron chi connectivity index (χ2n) is 6.83. The van der Waals surface area contributed by atoms with Gasteiger partial charge >= 0.3 is 0 Å². The second-order valence-corrected chi connectivity index (χ2v) is 7.24. The number of anilines is 1. The maximum atomic E-state index is 12.9. The van der Waals surface area contributed by atoms with Crippen LogP contribution >= 0.6 is 11.6 Å². The fraction of sp³-hybridized carbons (Fsp3) is 0.273. The molecule has 5 heteroatoms. The smallest absolute Gasteiger partial charge is 0.227 e. The van der Waals surface area contributed by atoms with Gasteiger partial charge in [-0.2, -0.15) is 0 Å². The molecule has 0 fully saturated rings. The Morgan fingerprint density at radius 1 is 1.22 bits per heavy atom. The molecule has 2 heterocycles. The third kappa shape index (κ3) is 3.62. The van der Waals surface area contributed by atoms with E-state index in [2.05, 4.69) is 30.1 Å².